The number of carbonyl (C=O) groups is 2. The van der Waals surface area contributed by atoms with Crippen molar-refractivity contribution in [2.24, 2.45) is 0 Å². The van der Waals surface area contributed by atoms with E-state index >= 15 is 0 Å². The van der Waals surface area contributed by atoms with E-state index in [1.165, 1.54) is 51.4 Å². The Morgan fingerprint density at radius 2 is 0.792 bits per heavy atom. The molecule has 4 aromatic carbocycles. The first kappa shape index (κ1) is 45.5. The Kier molecular flexibility index (Phi) is 23.2. The molecule has 5 aromatic rings. The molecular formula is C43H54N3O4P2Ru+2. The van der Waals surface area contributed by atoms with Crippen molar-refractivity contribution in [3.63, 3.8) is 0 Å². The van der Waals surface area contributed by atoms with E-state index in [9.17, 15) is 0 Å². The molecule has 2 fully saturated rings. The number of aromatic nitrogens is 2. The number of carboxylic acids is 2. The molecule has 3 N–H and O–H groups in total. The van der Waals surface area contributed by atoms with Gasteiger partial charge in [0, 0.05) is 26.2 Å². The van der Waals surface area contributed by atoms with Crippen molar-refractivity contribution in [3.8, 4) is 0 Å². The van der Waals surface area contributed by atoms with E-state index < -0.39 is 27.8 Å². The maximum atomic E-state index is 9.00. The Morgan fingerprint density at radius 1 is 0.547 bits per heavy atom. The Bertz CT molecular complexity index is 1470. The molecule has 7 rings (SSSR count). The average molecular weight is 840 g/mol. The Morgan fingerprint density at radius 3 is 1.00 bits per heavy atom. The van der Waals surface area contributed by atoms with Crippen LogP contribution < -0.4 is 21.2 Å². The van der Waals surface area contributed by atoms with E-state index in [4.69, 9.17) is 25.5 Å². The molecule has 0 aliphatic heterocycles. The molecule has 2 aliphatic rings. The smallest absolute Gasteiger partial charge is 0.671 e. The maximum absolute atomic E-state index is 9.00. The molecule has 0 atom stereocenters. The third-order valence-corrected chi connectivity index (χ3v) is 15.3. The standard InChI is InChI=1S/2C17H19P.C5H6N3.2C2H4O2.Ru/c2*1-3-9-15(10-4-1)18(17-13-7-8-14-17)16-11-5-2-6-12-16;6-4-5-7-2-1-3-8-5;2*1-2(3)4;/h2*1-6,9-12,17H,7-8,13-14H2;1-3,6H,4H2;2*1H3,(H,3,4);/q;;-1;;;+1/p+2. The van der Waals surface area contributed by atoms with Gasteiger partial charge < -0.3 is 15.9 Å². The second-order valence-corrected chi connectivity index (χ2v) is 18.2. The quantitative estimate of drug-likeness (QED) is 0.125. The summed E-state index contributed by atoms with van der Waals surface area (Å²) in [5.41, 5.74) is 8.68. The second-order valence-electron chi connectivity index (χ2n) is 12.6. The number of aliphatic carboxylic acids is 2. The van der Waals surface area contributed by atoms with Crippen molar-refractivity contribution in [1.82, 2.24) is 9.97 Å². The van der Waals surface area contributed by atoms with E-state index in [1.807, 2.05) is 0 Å². The fraction of sp³-hybridized carbons (Fsp3) is 0.302. The minimum Gasteiger partial charge on any atom is -0.671 e. The van der Waals surface area contributed by atoms with Gasteiger partial charge in [-0.3, -0.25) is 9.59 Å². The van der Waals surface area contributed by atoms with E-state index in [0.29, 0.717) is 5.82 Å². The second kappa shape index (κ2) is 27.0. The topological polar surface area (TPSA) is 124 Å². The van der Waals surface area contributed by atoms with Gasteiger partial charge in [0.15, 0.2) is 0 Å². The molecule has 2 saturated carbocycles. The first-order valence-electron chi connectivity index (χ1n) is 18.0. The van der Waals surface area contributed by atoms with Crippen molar-refractivity contribution >= 4 is 49.0 Å². The number of nitrogens with zero attached hydrogens (tertiary/aromatic N) is 2. The molecule has 0 unspecified atom stereocenters. The minimum atomic E-state index is -0.833. The summed E-state index contributed by atoms with van der Waals surface area (Å²) in [6, 6.07) is 46.4. The van der Waals surface area contributed by atoms with Crippen molar-refractivity contribution in [1.29, 1.82) is 0 Å². The molecule has 1 heterocycles. The molecule has 1 radical (unpaired) electrons. The van der Waals surface area contributed by atoms with Gasteiger partial charge in [-0.1, -0.05) is 79.3 Å². The van der Waals surface area contributed by atoms with Gasteiger partial charge in [-0.25, -0.2) is 9.97 Å². The normalized spacial score (nSPS) is 13.4. The molecule has 0 saturated heterocycles. The van der Waals surface area contributed by atoms with Gasteiger partial charge in [-0.05, 0) is 106 Å². The van der Waals surface area contributed by atoms with E-state index in [-0.39, 0.29) is 26.0 Å². The fourth-order valence-electron chi connectivity index (χ4n) is 6.60. The van der Waals surface area contributed by atoms with Crippen LogP contribution in [0.25, 0.3) is 5.73 Å². The monoisotopic (exact) mass is 840 g/mol. The van der Waals surface area contributed by atoms with Gasteiger partial charge in [-0.15, -0.1) is 0 Å². The van der Waals surface area contributed by atoms with Gasteiger partial charge in [0.05, 0.1) is 48.4 Å². The van der Waals surface area contributed by atoms with Gasteiger partial charge in [0.25, 0.3) is 11.9 Å². The number of nitrogens with one attached hydrogen (secondary N) is 1. The van der Waals surface area contributed by atoms with E-state index in [1.54, 1.807) is 39.7 Å². The average Bonchev–Trinajstić information content (AvgIpc) is 3.90. The van der Waals surface area contributed by atoms with Gasteiger partial charge >= 0.3 is 19.5 Å². The SMILES string of the molecule is CC(=O)O.CC(=O)O.[NH-]Cc1ncccn1.[Ru+].c1ccc([PH+](c2ccccc2)C2CCCC2)cc1.c1ccc([PH+](c2ccccc2)C2CCCC2)cc1. The minimum absolute atomic E-state index is 0. The Balaban J connectivity index is 0.000000260. The van der Waals surface area contributed by atoms with Crippen LogP contribution >= 0.6 is 15.8 Å². The molecule has 0 bridgehead atoms. The van der Waals surface area contributed by atoms with Crippen LogP contribution in [0.1, 0.15) is 71.0 Å². The number of hydrogen-bond donors (Lipinski definition) is 2. The van der Waals surface area contributed by atoms with Gasteiger partial charge in [-0.2, -0.15) is 0 Å². The third-order valence-electron chi connectivity index (χ3n) is 8.64. The number of hydrogen-bond acceptors (Lipinski definition) is 4. The van der Waals surface area contributed by atoms with Crippen molar-refractivity contribution in [2.75, 3.05) is 0 Å². The van der Waals surface area contributed by atoms with Crippen LogP contribution in [0.5, 0.6) is 0 Å². The van der Waals surface area contributed by atoms with Gasteiger partial charge in [0.1, 0.15) is 5.82 Å². The summed E-state index contributed by atoms with van der Waals surface area (Å²) in [4.78, 5) is 25.6. The number of benzene rings is 4. The summed E-state index contributed by atoms with van der Waals surface area (Å²) in [6.07, 6.45) is 14.7. The first-order valence-corrected chi connectivity index (χ1v) is 21.2. The zero-order valence-electron chi connectivity index (χ0n) is 30.8. The van der Waals surface area contributed by atoms with Crippen LogP contribution in [0, 0.1) is 0 Å². The molecule has 53 heavy (non-hydrogen) atoms. The summed E-state index contributed by atoms with van der Waals surface area (Å²) >= 11 is 0. The predicted octanol–water partition coefficient (Wildman–Crippen LogP) is 8.80. The molecule has 10 heteroatoms. The molecule has 1 aromatic heterocycles. The predicted molar refractivity (Wildman–Crippen MR) is 222 cm³/mol. The Hall–Kier alpha value is -3.66. The zero-order chi connectivity index (χ0) is 37.4. The van der Waals surface area contributed by atoms with Crippen LogP contribution in [0.4, 0.5) is 0 Å². The van der Waals surface area contributed by atoms with Crippen LogP contribution in [0.2, 0.25) is 0 Å². The fourth-order valence-corrected chi connectivity index (χ4v) is 13.3. The molecule has 0 spiro atoms. The summed E-state index contributed by atoms with van der Waals surface area (Å²) in [5, 5.41) is 21.2. The Labute approximate surface area is 331 Å². The molecule has 281 valence electrons. The molecular weight excluding hydrogens is 786 g/mol. The molecule has 0 amide bonds. The zero-order valence-corrected chi connectivity index (χ0v) is 34.5. The van der Waals surface area contributed by atoms with Crippen molar-refractivity contribution < 1.29 is 39.3 Å². The summed E-state index contributed by atoms with van der Waals surface area (Å²) in [6.45, 7) is 2.33. The third kappa shape index (κ3) is 17.8. The summed E-state index contributed by atoms with van der Waals surface area (Å²) in [7, 11) is -1.15. The van der Waals surface area contributed by atoms with Crippen LogP contribution in [-0.4, -0.2) is 43.4 Å². The van der Waals surface area contributed by atoms with E-state index in [0.717, 1.165) is 25.2 Å². The van der Waals surface area contributed by atoms with Crippen molar-refractivity contribution in [3.05, 3.63) is 151 Å². The maximum Gasteiger partial charge on any atom is 1.00 e. The first-order chi connectivity index (χ1) is 25.3. The van der Waals surface area contributed by atoms with Crippen LogP contribution in [-0.2, 0) is 35.6 Å². The summed E-state index contributed by atoms with van der Waals surface area (Å²) < 4.78 is 0. The van der Waals surface area contributed by atoms with Crippen LogP contribution in [0.15, 0.2) is 140 Å². The van der Waals surface area contributed by atoms with Gasteiger partial charge in [0.2, 0.25) is 0 Å². The molecule has 2 aliphatic carbocycles. The largest absolute Gasteiger partial charge is 1.00 e. The number of carboxylic acid groups (broad SMARTS) is 2. The van der Waals surface area contributed by atoms with E-state index in [2.05, 4.69) is 131 Å². The van der Waals surface area contributed by atoms with Crippen LogP contribution in [0.3, 0.4) is 0 Å². The molecule has 7 nitrogen and oxygen atoms in total. The van der Waals surface area contributed by atoms with Crippen molar-refractivity contribution in [2.45, 2.75) is 83.1 Å². The number of rotatable bonds is 7. The summed E-state index contributed by atoms with van der Waals surface area (Å²) in [5.74, 6) is -1.09.